The van der Waals surface area contributed by atoms with Crippen molar-refractivity contribution < 1.29 is 4.39 Å². The minimum atomic E-state index is -0.280. The van der Waals surface area contributed by atoms with Gasteiger partial charge in [-0.25, -0.2) is 4.39 Å². The van der Waals surface area contributed by atoms with E-state index in [-0.39, 0.29) is 11.9 Å². The normalized spacial score (nSPS) is 21.4. The molecular weight excluding hydrogens is 227 g/mol. The molecule has 1 N–H and O–H groups in total. The maximum atomic E-state index is 13.0. The van der Waals surface area contributed by atoms with Gasteiger partial charge in [-0.2, -0.15) is 11.8 Å². The van der Waals surface area contributed by atoms with E-state index in [0.717, 1.165) is 23.9 Å². The van der Waals surface area contributed by atoms with Crippen molar-refractivity contribution in [3.63, 3.8) is 0 Å². The third kappa shape index (κ3) is 1.68. The summed E-state index contributed by atoms with van der Waals surface area (Å²) in [5.41, 5.74) is 0.562. The lowest BCUT2D eigenvalue weighted by molar-refractivity contribution is 0.558. The molecule has 6 heteroatoms. The highest BCUT2D eigenvalue weighted by atomic mass is 32.2. The molecule has 0 aromatic carbocycles. The van der Waals surface area contributed by atoms with Crippen LogP contribution in [0, 0.1) is 5.82 Å². The molecule has 3 rings (SSSR count). The SMILES string of the molecule is Fc1ccn2c(C3CSCCN3)nnc2c1. The summed E-state index contributed by atoms with van der Waals surface area (Å²) in [4.78, 5) is 0. The second kappa shape index (κ2) is 4.03. The molecule has 1 unspecified atom stereocenters. The van der Waals surface area contributed by atoms with Crippen molar-refractivity contribution in [3.8, 4) is 0 Å². The van der Waals surface area contributed by atoms with Crippen molar-refractivity contribution in [3.05, 3.63) is 30.0 Å². The van der Waals surface area contributed by atoms with E-state index in [0.29, 0.717) is 5.65 Å². The maximum Gasteiger partial charge on any atom is 0.163 e. The lowest BCUT2D eigenvalue weighted by atomic mass is 10.3. The number of nitrogens with one attached hydrogen (secondary N) is 1. The highest BCUT2D eigenvalue weighted by Crippen LogP contribution is 2.21. The second-order valence-corrected chi connectivity index (χ2v) is 4.86. The van der Waals surface area contributed by atoms with E-state index in [9.17, 15) is 4.39 Å². The molecule has 2 aromatic heterocycles. The summed E-state index contributed by atoms with van der Waals surface area (Å²) in [6, 6.07) is 3.03. The Morgan fingerprint density at radius 1 is 1.50 bits per heavy atom. The first kappa shape index (κ1) is 10.0. The van der Waals surface area contributed by atoms with Crippen molar-refractivity contribution >= 4 is 17.4 Å². The molecule has 2 aromatic rings. The summed E-state index contributed by atoms with van der Waals surface area (Å²) in [7, 11) is 0. The van der Waals surface area contributed by atoms with Crippen molar-refractivity contribution in [2.24, 2.45) is 0 Å². The molecule has 1 saturated heterocycles. The molecule has 1 fully saturated rings. The third-order valence-corrected chi connectivity index (χ3v) is 3.69. The fraction of sp³-hybridized carbons (Fsp3) is 0.400. The van der Waals surface area contributed by atoms with Crippen LogP contribution in [0.2, 0.25) is 0 Å². The lowest BCUT2D eigenvalue weighted by Crippen LogP contribution is -2.31. The van der Waals surface area contributed by atoms with Gasteiger partial charge in [0, 0.05) is 30.3 Å². The van der Waals surface area contributed by atoms with Gasteiger partial charge < -0.3 is 5.32 Å². The number of fused-ring (bicyclic) bond motifs is 1. The number of thioether (sulfide) groups is 1. The molecule has 0 amide bonds. The van der Waals surface area contributed by atoms with E-state index in [1.54, 1.807) is 6.20 Å². The minimum Gasteiger partial charge on any atom is -0.306 e. The van der Waals surface area contributed by atoms with Gasteiger partial charge in [-0.05, 0) is 6.07 Å². The van der Waals surface area contributed by atoms with E-state index < -0.39 is 0 Å². The zero-order valence-corrected chi connectivity index (χ0v) is 9.38. The quantitative estimate of drug-likeness (QED) is 0.812. The average Bonchev–Trinajstić information content (AvgIpc) is 2.73. The van der Waals surface area contributed by atoms with Crippen molar-refractivity contribution in [2.45, 2.75) is 6.04 Å². The van der Waals surface area contributed by atoms with Crippen LogP contribution in [-0.2, 0) is 0 Å². The summed E-state index contributed by atoms with van der Waals surface area (Å²) in [5.74, 6) is 2.69. The Hall–Kier alpha value is -1.14. The van der Waals surface area contributed by atoms with Crippen LogP contribution in [0.15, 0.2) is 18.3 Å². The fourth-order valence-electron chi connectivity index (χ4n) is 1.85. The largest absolute Gasteiger partial charge is 0.306 e. The van der Waals surface area contributed by atoms with Crippen LogP contribution in [0.4, 0.5) is 4.39 Å². The Kier molecular flexibility index (Phi) is 2.53. The highest BCUT2D eigenvalue weighted by Gasteiger charge is 2.20. The van der Waals surface area contributed by atoms with E-state index in [4.69, 9.17) is 0 Å². The van der Waals surface area contributed by atoms with Crippen molar-refractivity contribution in [2.75, 3.05) is 18.1 Å². The van der Waals surface area contributed by atoms with Crippen LogP contribution >= 0.6 is 11.8 Å². The number of rotatable bonds is 1. The second-order valence-electron chi connectivity index (χ2n) is 3.71. The molecule has 1 atom stereocenters. The fourth-order valence-corrected chi connectivity index (χ4v) is 2.78. The maximum absolute atomic E-state index is 13.0. The molecule has 0 saturated carbocycles. The predicted octanol–water partition coefficient (Wildman–Crippen LogP) is 1.25. The molecule has 0 spiro atoms. The first-order valence-corrected chi connectivity index (χ1v) is 6.31. The summed E-state index contributed by atoms with van der Waals surface area (Å²) < 4.78 is 14.8. The van der Waals surface area contributed by atoms with E-state index in [1.807, 2.05) is 16.2 Å². The molecule has 1 aliphatic heterocycles. The summed E-state index contributed by atoms with van der Waals surface area (Å²) in [5, 5.41) is 11.5. The smallest absolute Gasteiger partial charge is 0.163 e. The van der Waals surface area contributed by atoms with E-state index >= 15 is 0 Å². The monoisotopic (exact) mass is 238 g/mol. The molecule has 84 valence electrons. The predicted molar refractivity (Wildman–Crippen MR) is 61.0 cm³/mol. The average molecular weight is 238 g/mol. The molecule has 1 aliphatic rings. The van der Waals surface area contributed by atoms with Gasteiger partial charge in [0.25, 0.3) is 0 Å². The topological polar surface area (TPSA) is 42.2 Å². The Labute approximate surface area is 96.2 Å². The number of halogens is 1. The third-order valence-electron chi connectivity index (χ3n) is 2.63. The minimum absolute atomic E-state index is 0.208. The van der Waals surface area contributed by atoms with Crippen LogP contribution < -0.4 is 5.32 Å². The standard InChI is InChI=1S/C10H11FN4S/c11-7-1-3-15-9(5-7)13-14-10(15)8-6-16-4-2-12-8/h1,3,5,8,12H,2,4,6H2. The van der Waals surface area contributed by atoms with Gasteiger partial charge >= 0.3 is 0 Å². The van der Waals surface area contributed by atoms with Gasteiger partial charge in [0.2, 0.25) is 0 Å². The van der Waals surface area contributed by atoms with E-state index in [2.05, 4.69) is 15.5 Å². The van der Waals surface area contributed by atoms with Gasteiger partial charge in [-0.15, -0.1) is 10.2 Å². The Balaban J connectivity index is 2.03. The zero-order chi connectivity index (χ0) is 11.0. The van der Waals surface area contributed by atoms with Crippen LogP contribution in [0.3, 0.4) is 0 Å². The van der Waals surface area contributed by atoms with Crippen LogP contribution in [0.1, 0.15) is 11.9 Å². The number of hydrogen-bond acceptors (Lipinski definition) is 4. The number of hydrogen-bond donors (Lipinski definition) is 1. The van der Waals surface area contributed by atoms with Crippen LogP contribution in [0.25, 0.3) is 5.65 Å². The first-order valence-electron chi connectivity index (χ1n) is 5.16. The van der Waals surface area contributed by atoms with E-state index in [1.165, 1.54) is 12.1 Å². The number of pyridine rings is 1. The van der Waals surface area contributed by atoms with Gasteiger partial charge in [-0.1, -0.05) is 0 Å². The van der Waals surface area contributed by atoms with Gasteiger partial charge in [0.05, 0.1) is 6.04 Å². The summed E-state index contributed by atoms with van der Waals surface area (Å²) in [6.45, 7) is 0.978. The molecule has 0 bridgehead atoms. The van der Waals surface area contributed by atoms with Gasteiger partial charge in [0.1, 0.15) is 5.82 Å². The molecular formula is C10H11FN4S. The first-order chi connectivity index (χ1) is 7.84. The molecule has 3 heterocycles. The molecule has 0 radical (unpaired) electrons. The highest BCUT2D eigenvalue weighted by molar-refractivity contribution is 7.99. The van der Waals surface area contributed by atoms with Crippen LogP contribution in [-0.4, -0.2) is 32.6 Å². The number of nitrogens with zero attached hydrogens (tertiary/aromatic N) is 3. The molecule has 16 heavy (non-hydrogen) atoms. The Bertz CT molecular complexity index is 506. The Morgan fingerprint density at radius 2 is 2.44 bits per heavy atom. The van der Waals surface area contributed by atoms with Crippen LogP contribution in [0.5, 0.6) is 0 Å². The number of aromatic nitrogens is 3. The summed E-state index contributed by atoms with van der Waals surface area (Å²) in [6.07, 6.45) is 1.68. The summed E-state index contributed by atoms with van der Waals surface area (Å²) >= 11 is 1.90. The molecule has 4 nitrogen and oxygen atoms in total. The lowest BCUT2D eigenvalue weighted by Gasteiger charge is -2.21. The van der Waals surface area contributed by atoms with Crippen molar-refractivity contribution in [1.82, 2.24) is 19.9 Å². The van der Waals surface area contributed by atoms with Crippen molar-refractivity contribution in [1.29, 1.82) is 0 Å². The van der Waals surface area contributed by atoms with Gasteiger partial charge in [-0.3, -0.25) is 4.40 Å². The van der Waals surface area contributed by atoms with Gasteiger partial charge in [0.15, 0.2) is 11.5 Å². The Morgan fingerprint density at radius 3 is 3.25 bits per heavy atom. The molecule has 0 aliphatic carbocycles. The zero-order valence-electron chi connectivity index (χ0n) is 8.56.